The molecule has 1 aromatic carbocycles. The van der Waals surface area contributed by atoms with E-state index < -0.39 is 0 Å². The van der Waals surface area contributed by atoms with Crippen molar-refractivity contribution in [3.8, 4) is 0 Å². The van der Waals surface area contributed by atoms with Gasteiger partial charge in [-0.05, 0) is 34.1 Å². The largest absolute Gasteiger partial charge is 0.379 e. The average molecular weight is 342 g/mol. The first-order valence-electron chi connectivity index (χ1n) is 5.85. The molecule has 0 aliphatic carbocycles. The molecule has 2 aromatic rings. The van der Waals surface area contributed by atoms with E-state index in [0.29, 0.717) is 15.9 Å². The molecule has 106 valence electrons. The van der Waals surface area contributed by atoms with Crippen molar-refractivity contribution in [3.63, 3.8) is 0 Å². The van der Waals surface area contributed by atoms with Crippen molar-refractivity contribution in [2.75, 3.05) is 5.32 Å². The molecule has 1 heterocycles. The van der Waals surface area contributed by atoms with Gasteiger partial charge in [-0.25, -0.2) is 9.18 Å². The highest BCUT2D eigenvalue weighted by molar-refractivity contribution is 9.10. The molecular weight excluding hydrogens is 329 g/mol. The van der Waals surface area contributed by atoms with Crippen LogP contribution in [0.25, 0.3) is 0 Å². The first-order chi connectivity index (χ1) is 9.40. The summed E-state index contributed by atoms with van der Waals surface area (Å²) in [6.45, 7) is 0.284. The quantitative estimate of drug-likeness (QED) is 0.922. The van der Waals surface area contributed by atoms with Crippen molar-refractivity contribution in [3.05, 3.63) is 61.1 Å². The Hall–Kier alpha value is -1.89. The number of halogens is 2. The Kier molecular flexibility index (Phi) is 4.08. The number of nitrogens with zero attached hydrogens (tertiary/aromatic N) is 2. The van der Waals surface area contributed by atoms with Crippen molar-refractivity contribution in [1.82, 2.24) is 9.13 Å². The highest BCUT2D eigenvalue weighted by Crippen LogP contribution is 2.23. The number of benzene rings is 1. The molecule has 0 unspecified atom stereocenters. The Labute approximate surface area is 122 Å². The number of anilines is 1. The van der Waals surface area contributed by atoms with E-state index in [4.69, 9.17) is 0 Å². The van der Waals surface area contributed by atoms with E-state index in [2.05, 4.69) is 21.2 Å². The van der Waals surface area contributed by atoms with Crippen molar-refractivity contribution in [2.45, 2.75) is 6.54 Å². The zero-order valence-corrected chi connectivity index (χ0v) is 12.6. The van der Waals surface area contributed by atoms with Gasteiger partial charge in [0.15, 0.2) is 0 Å². The smallest absolute Gasteiger partial charge is 0.330 e. The van der Waals surface area contributed by atoms with Crippen molar-refractivity contribution in [1.29, 1.82) is 0 Å². The Morgan fingerprint density at radius 2 is 1.90 bits per heavy atom. The van der Waals surface area contributed by atoms with Crippen LogP contribution in [0.15, 0.2) is 38.3 Å². The lowest BCUT2D eigenvalue weighted by Gasteiger charge is -2.12. The fourth-order valence-electron chi connectivity index (χ4n) is 1.77. The Bertz CT molecular complexity index is 767. The summed E-state index contributed by atoms with van der Waals surface area (Å²) in [5, 5.41) is 3.05. The van der Waals surface area contributed by atoms with Gasteiger partial charge in [-0.3, -0.25) is 13.9 Å². The summed E-state index contributed by atoms with van der Waals surface area (Å²) < 4.78 is 16.0. The van der Waals surface area contributed by atoms with E-state index in [1.54, 1.807) is 13.1 Å². The van der Waals surface area contributed by atoms with Gasteiger partial charge < -0.3 is 5.32 Å². The molecular formula is C13H13BrFN3O2. The minimum absolute atomic E-state index is 0.284. The van der Waals surface area contributed by atoms with Crippen LogP contribution in [0.3, 0.4) is 0 Å². The van der Waals surface area contributed by atoms with Crippen LogP contribution in [0.1, 0.15) is 5.69 Å². The van der Waals surface area contributed by atoms with Crippen LogP contribution < -0.4 is 16.6 Å². The first-order valence-corrected chi connectivity index (χ1v) is 6.64. The van der Waals surface area contributed by atoms with Crippen LogP contribution in [-0.4, -0.2) is 9.13 Å². The molecule has 0 saturated heterocycles. The lowest BCUT2D eigenvalue weighted by atomic mass is 10.3. The van der Waals surface area contributed by atoms with Crippen LogP contribution in [0.5, 0.6) is 0 Å². The molecule has 0 spiro atoms. The van der Waals surface area contributed by atoms with Gasteiger partial charge in [0, 0.05) is 36.0 Å². The molecule has 0 atom stereocenters. The zero-order valence-electron chi connectivity index (χ0n) is 11.0. The molecule has 20 heavy (non-hydrogen) atoms. The minimum atomic E-state index is -0.382. The molecule has 0 saturated carbocycles. The Morgan fingerprint density at radius 3 is 2.55 bits per heavy atom. The van der Waals surface area contributed by atoms with E-state index in [1.165, 1.54) is 29.8 Å². The number of nitrogens with one attached hydrogen (secondary N) is 1. The summed E-state index contributed by atoms with van der Waals surface area (Å²) in [7, 11) is 3.02. The zero-order chi connectivity index (χ0) is 14.9. The van der Waals surface area contributed by atoms with Gasteiger partial charge in [-0.1, -0.05) is 0 Å². The third-order valence-electron chi connectivity index (χ3n) is 3.02. The SMILES string of the molecule is Cn1c(CNc2ccc(F)cc2Br)cc(=O)n(C)c1=O. The molecule has 2 rings (SSSR count). The number of hydrogen-bond acceptors (Lipinski definition) is 3. The summed E-state index contributed by atoms with van der Waals surface area (Å²) >= 11 is 3.24. The van der Waals surface area contributed by atoms with Crippen LogP contribution in [0, 0.1) is 5.82 Å². The summed E-state index contributed by atoms with van der Waals surface area (Å²) in [5.41, 5.74) is 0.490. The molecule has 0 radical (unpaired) electrons. The van der Waals surface area contributed by atoms with E-state index in [1.807, 2.05) is 0 Å². The molecule has 0 amide bonds. The maximum absolute atomic E-state index is 13.0. The van der Waals surface area contributed by atoms with Gasteiger partial charge in [0.2, 0.25) is 0 Å². The Morgan fingerprint density at radius 1 is 1.20 bits per heavy atom. The molecule has 7 heteroatoms. The average Bonchev–Trinajstić information content (AvgIpc) is 2.40. The van der Waals surface area contributed by atoms with Gasteiger partial charge in [0.1, 0.15) is 5.82 Å². The molecule has 1 N–H and O–H groups in total. The second-order valence-electron chi connectivity index (χ2n) is 4.35. The van der Waals surface area contributed by atoms with Gasteiger partial charge in [0.25, 0.3) is 5.56 Å². The second-order valence-corrected chi connectivity index (χ2v) is 5.21. The summed E-state index contributed by atoms with van der Waals surface area (Å²) in [6.07, 6.45) is 0. The standard InChI is InChI=1S/C13H13BrFN3O2/c1-17-9(6-12(19)18(2)13(17)20)7-16-11-4-3-8(15)5-10(11)14/h3-6,16H,7H2,1-2H3. The van der Waals surface area contributed by atoms with Crippen LogP contribution in [0.2, 0.25) is 0 Å². The summed E-state index contributed by atoms with van der Waals surface area (Å²) in [6, 6.07) is 5.64. The number of rotatable bonds is 3. The fraction of sp³-hybridized carbons (Fsp3) is 0.231. The second kappa shape index (κ2) is 5.62. The predicted octanol–water partition coefficient (Wildman–Crippen LogP) is 1.60. The molecule has 0 aliphatic rings. The predicted molar refractivity (Wildman–Crippen MR) is 78.4 cm³/mol. The van der Waals surface area contributed by atoms with Crippen molar-refractivity contribution >= 4 is 21.6 Å². The number of hydrogen-bond donors (Lipinski definition) is 1. The van der Waals surface area contributed by atoms with Gasteiger partial charge in [-0.2, -0.15) is 0 Å². The third kappa shape index (κ3) is 2.82. The minimum Gasteiger partial charge on any atom is -0.379 e. The van der Waals surface area contributed by atoms with E-state index in [9.17, 15) is 14.0 Å². The molecule has 0 aliphatic heterocycles. The highest BCUT2D eigenvalue weighted by Gasteiger charge is 2.07. The van der Waals surface area contributed by atoms with E-state index in [-0.39, 0.29) is 23.6 Å². The Balaban J connectivity index is 2.28. The fourth-order valence-corrected chi connectivity index (χ4v) is 2.26. The number of aromatic nitrogens is 2. The van der Waals surface area contributed by atoms with Gasteiger partial charge >= 0.3 is 5.69 Å². The topological polar surface area (TPSA) is 56.0 Å². The monoisotopic (exact) mass is 341 g/mol. The highest BCUT2D eigenvalue weighted by atomic mass is 79.9. The molecule has 0 fully saturated rings. The normalized spacial score (nSPS) is 10.6. The third-order valence-corrected chi connectivity index (χ3v) is 3.67. The lowest BCUT2D eigenvalue weighted by Crippen LogP contribution is -2.38. The van der Waals surface area contributed by atoms with Crippen molar-refractivity contribution < 1.29 is 4.39 Å². The van der Waals surface area contributed by atoms with E-state index in [0.717, 1.165) is 4.57 Å². The molecule has 5 nitrogen and oxygen atoms in total. The van der Waals surface area contributed by atoms with Crippen LogP contribution in [-0.2, 0) is 20.6 Å². The molecule has 0 bridgehead atoms. The van der Waals surface area contributed by atoms with Crippen molar-refractivity contribution in [2.24, 2.45) is 14.1 Å². The molecule has 1 aromatic heterocycles. The van der Waals surface area contributed by atoms with E-state index >= 15 is 0 Å². The summed E-state index contributed by atoms with van der Waals surface area (Å²) in [4.78, 5) is 23.4. The van der Waals surface area contributed by atoms with Gasteiger partial charge in [0.05, 0.1) is 6.54 Å². The van der Waals surface area contributed by atoms with Crippen LogP contribution in [0.4, 0.5) is 10.1 Å². The summed E-state index contributed by atoms with van der Waals surface area (Å²) in [5.74, 6) is -0.344. The first kappa shape index (κ1) is 14.5. The maximum atomic E-state index is 13.0. The maximum Gasteiger partial charge on any atom is 0.330 e. The lowest BCUT2D eigenvalue weighted by molar-refractivity contribution is 0.627. The van der Waals surface area contributed by atoms with Crippen LogP contribution >= 0.6 is 15.9 Å². The van der Waals surface area contributed by atoms with Gasteiger partial charge in [-0.15, -0.1) is 0 Å².